The van der Waals surface area contributed by atoms with Crippen molar-refractivity contribution in [1.29, 1.82) is 0 Å². The normalized spacial score (nSPS) is 7.58. The molecule has 0 saturated heterocycles. The summed E-state index contributed by atoms with van der Waals surface area (Å²) in [5, 5.41) is 20.4. The number of rotatable bonds is 2. The Morgan fingerprint density at radius 1 is 1.00 bits per heavy atom. The van der Waals surface area contributed by atoms with E-state index < -0.39 is 11.9 Å². The number of hydrogen-bond donors (Lipinski definition) is 2. The maximum Gasteiger partial charge on any atom is 0.0292 e. The SMILES string of the molecule is O=C([O-])c1ccc[c-]1C(=O)[O-].[Fe].[NH4+].[NH4+].[cH-]1[cH-][cH-][cH-][cH-]1. The fraction of sp³-hybridized carbons (Fsp3) is 0. The molecule has 8 N–H and O–H groups in total. The van der Waals surface area contributed by atoms with E-state index in [1.54, 1.807) is 0 Å². The summed E-state index contributed by atoms with van der Waals surface area (Å²) >= 11 is 0. The van der Waals surface area contributed by atoms with Crippen molar-refractivity contribution in [1.82, 2.24) is 12.3 Å². The van der Waals surface area contributed by atoms with Crippen LogP contribution in [0.15, 0.2) is 48.5 Å². The van der Waals surface area contributed by atoms with E-state index in [0.717, 1.165) is 12.1 Å². The molecule has 0 aliphatic rings. The zero-order valence-electron chi connectivity index (χ0n) is 10.6. The van der Waals surface area contributed by atoms with Gasteiger partial charge in [0.15, 0.2) is 0 Å². The van der Waals surface area contributed by atoms with Crippen LogP contribution in [0.1, 0.15) is 20.7 Å². The topological polar surface area (TPSA) is 153 Å². The minimum absolute atomic E-state index is 0. The van der Waals surface area contributed by atoms with Gasteiger partial charge in [-0.3, -0.25) is 0 Å². The van der Waals surface area contributed by atoms with Gasteiger partial charge < -0.3 is 62.4 Å². The predicted molar refractivity (Wildman–Crippen MR) is 64.7 cm³/mol. The van der Waals surface area contributed by atoms with Crippen molar-refractivity contribution >= 4 is 11.9 Å². The third-order valence-corrected chi connectivity index (χ3v) is 1.81. The van der Waals surface area contributed by atoms with Gasteiger partial charge in [-0.2, -0.15) is 12.1 Å². The van der Waals surface area contributed by atoms with Crippen molar-refractivity contribution in [2.75, 3.05) is 0 Å². The molecule has 0 saturated carbocycles. The largest absolute Gasteiger partial charge is 0.748 e. The van der Waals surface area contributed by atoms with E-state index in [1.165, 1.54) is 6.07 Å². The van der Waals surface area contributed by atoms with Gasteiger partial charge in [-0.1, -0.05) is 5.56 Å². The van der Waals surface area contributed by atoms with Crippen LogP contribution in [-0.2, 0) is 17.1 Å². The minimum Gasteiger partial charge on any atom is -0.748 e. The molecule has 7 heteroatoms. The fourth-order valence-electron chi connectivity index (χ4n) is 1.10. The van der Waals surface area contributed by atoms with E-state index in [1.807, 2.05) is 30.3 Å². The van der Waals surface area contributed by atoms with Gasteiger partial charge in [0.25, 0.3) is 0 Å². The maximum absolute atomic E-state index is 10.2. The molecule has 0 aliphatic heterocycles. The summed E-state index contributed by atoms with van der Waals surface area (Å²) in [5.41, 5.74) is -0.685. The van der Waals surface area contributed by atoms with E-state index in [0.29, 0.717) is 0 Å². The Morgan fingerprint density at radius 3 is 1.68 bits per heavy atom. The quantitative estimate of drug-likeness (QED) is 0.604. The Labute approximate surface area is 121 Å². The minimum atomic E-state index is -1.51. The third kappa shape index (κ3) is 7.17. The Kier molecular flexibility index (Phi) is 13.1. The van der Waals surface area contributed by atoms with Crippen molar-refractivity contribution in [3.8, 4) is 0 Å². The summed E-state index contributed by atoms with van der Waals surface area (Å²) < 4.78 is 0. The first-order chi connectivity index (χ1) is 7.63. The van der Waals surface area contributed by atoms with Crippen molar-refractivity contribution in [3.05, 3.63) is 59.7 Å². The van der Waals surface area contributed by atoms with Crippen molar-refractivity contribution in [3.63, 3.8) is 0 Å². The average Bonchev–Trinajstić information content (AvgIpc) is 2.92. The summed E-state index contributed by atoms with van der Waals surface area (Å²) in [6.45, 7) is 0. The van der Waals surface area contributed by atoms with Crippen molar-refractivity contribution in [2.45, 2.75) is 0 Å². The van der Waals surface area contributed by atoms with E-state index >= 15 is 0 Å². The van der Waals surface area contributed by atoms with Crippen LogP contribution in [0, 0.1) is 0 Å². The first-order valence-corrected chi connectivity index (χ1v) is 4.48. The number of carbonyl (C=O) groups excluding carboxylic acids is 2. The van der Waals surface area contributed by atoms with E-state index in [-0.39, 0.29) is 40.5 Å². The molecule has 0 aliphatic carbocycles. The molecule has 0 aromatic heterocycles. The number of carboxylic acids is 2. The molecular formula is C12H16FeN2O4-6. The van der Waals surface area contributed by atoms with E-state index in [2.05, 4.69) is 0 Å². The van der Waals surface area contributed by atoms with Crippen LogP contribution in [0.5, 0.6) is 0 Å². The molecule has 2 aromatic carbocycles. The molecule has 0 bridgehead atoms. The Bertz CT molecular complexity index is 420. The van der Waals surface area contributed by atoms with Crippen LogP contribution in [0.3, 0.4) is 0 Å². The smallest absolute Gasteiger partial charge is 0.0292 e. The van der Waals surface area contributed by atoms with Gasteiger partial charge in [-0.05, 0) is 5.97 Å². The molecule has 0 radical (unpaired) electrons. The van der Waals surface area contributed by atoms with Gasteiger partial charge in [0.1, 0.15) is 0 Å². The van der Waals surface area contributed by atoms with Gasteiger partial charge >= 0.3 is 0 Å². The molecule has 0 amide bonds. The second kappa shape index (κ2) is 11.2. The van der Waals surface area contributed by atoms with Crippen LogP contribution in [0.4, 0.5) is 0 Å². The fourth-order valence-corrected chi connectivity index (χ4v) is 1.10. The van der Waals surface area contributed by atoms with Crippen LogP contribution < -0.4 is 22.5 Å². The number of quaternary nitrogens is 2. The van der Waals surface area contributed by atoms with Crippen LogP contribution >= 0.6 is 0 Å². The van der Waals surface area contributed by atoms with Crippen molar-refractivity contribution < 1.29 is 36.9 Å². The Hall–Kier alpha value is -1.92. The number of hydrogen-bond acceptors (Lipinski definition) is 4. The number of aromatic carboxylic acids is 2. The molecule has 112 valence electrons. The summed E-state index contributed by atoms with van der Waals surface area (Å²) in [6, 6.07) is 13.6. The Morgan fingerprint density at radius 2 is 1.42 bits per heavy atom. The first-order valence-electron chi connectivity index (χ1n) is 4.48. The maximum atomic E-state index is 10.2. The molecule has 19 heavy (non-hydrogen) atoms. The molecule has 2 rings (SSSR count). The monoisotopic (exact) mass is 308 g/mol. The molecule has 0 heterocycles. The van der Waals surface area contributed by atoms with E-state index in [9.17, 15) is 19.8 Å². The van der Waals surface area contributed by atoms with Crippen molar-refractivity contribution in [2.24, 2.45) is 0 Å². The summed E-state index contributed by atoms with van der Waals surface area (Å²) in [6.07, 6.45) is 0. The number of carboxylic acid groups (broad SMARTS) is 2. The summed E-state index contributed by atoms with van der Waals surface area (Å²) in [7, 11) is 0. The average molecular weight is 308 g/mol. The molecular weight excluding hydrogens is 292 g/mol. The van der Waals surface area contributed by atoms with Gasteiger partial charge in [0.05, 0.1) is 0 Å². The van der Waals surface area contributed by atoms with Crippen LogP contribution in [0.25, 0.3) is 0 Å². The van der Waals surface area contributed by atoms with E-state index in [4.69, 9.17) is 0 Å². The number of carbonyl (C=O) groups is 2. The second-order valence-corrected chi connectivity index (χ2v) is 2.89. The second-order valence-electron chi connectivity index (χ2n) is 2.89. The molecule has 0 atom stereocenters. The predicted octanol–water partition coefficient (Wildman–Crippen LogP) is 0.288. The first kappa shape index (κ1) is 22.3. The molecule has 0 spiro atoms. The summed E-state index contributed by atoms with van der Waals surface area (Å²) in [4.78, 5) is 20.4. The van der Waals surface area contributed by atoms with Gasteiger partial charge in [0.2, 0.25) is 0 Å². The molecule has 0 fully saturated rings. The zero-order chi connectivity index (χ0) is 12.0. The molecule has 6 nitrogen and oxygen atoms in total. The molecule has 0 unspecified atom stereocenters. The van der Waals surface area contributed by atoms with Crippen LogP contribution in [0.2, 0.25) is 0 Å². The van der Waals surface area contributed by atoms with Crippen LogP contribution in [-0.4, -0.2) is 11.9 Å². The Balaban J connectivity index is -0.000000277. The molecule has 2 aromatic rings. The zero-order valence-corrected chi connectivity index (χ0v) is 11.7. The van der Waals surface area contributed by atoms with Gasteiger partial charge in [0, 0.05) is 23.0 Å². The van der Waals surface area contributed by atoms with Gasteiger partial charge in [-0.15, -0.1) is 11.6 Å². The van der Waals surface area contributed by atoms with Gasteiger partial charge in [-0.25, -0.2) is 0 Å². The third-order valence-electron chi connectivity index (χ3n) is 1.81. The standard InChI is InChI=1S/C7H5O4.C5H5.Fe.2H3N/c8-6(9)4-2-1-3-5(4)7(10)11;1-2-4-5-3-1;;;/h1-3H,(H,8,9)(H,10,11);1-5H;;2*1H3/q-1;-5;;;. The summed E-state index contributed by atoms with van der Waals surface area (Å²) in [5.74, 6) is -3.01.